The number of unbranched alkanes of at least 4 members (excludes halogenated alkanes) is 4. The molecule has 2 rings (SSSR count). The lowest BCUT2D eigenvalue weighted by Crippen LogP contribution is -2.30. The fraction of sp³-hybridized carbons (Fsp3) is 0.440. The number of nitrogens with one attached hydrogen (secondary N) is 1. The zero-order valence-electron chi connectivity index (χ0n) is 18.4. The molecule has 0 aliphatic heterocycles. The van der Waals surface area contributed by atoms with Gasteiger partial charge in [-0.25, -0.2) is 0 Å². The number of ether oxygens (including phenoxy) is 1. The minimum atomic E-state index is -0.191. The van der Waals surface area contributed by atoms with Crippen molar-refractivity contribution >= 4 is 17.5 Å². The van der Waals surface area contributed by atoms with E-state index in [0.717, 1.165) is 12.2 Å². The van der Waals surface area contributed by atoms with Crippen LogP contribution in [0, 0.1) is 0 Å². The molecule has 30 heavy (non-hydrogen) atoms. The van der Waals surface area contributed by atoms with Crippen molar-refractivity contribution in [1.82, 2.24) is 4.90 Å². The molecule has 1 N–H and O–H groups in total. The maximum atomic E-state index is 12.5. The van der Waals surface area contributed by atoms with Gasteiger partial charge in [0, 0.05) is 29.9 Å². The van der Waals surface area contributed by atoms with E-state index in [1.807, 2.05) is 26.0 Å². The molecule has 0 heterocycles. The van der Waals surface area contributed by atoms with Crippen LogP contribution < -0.4 is 10.1 Å². The maximum Gasteiger partial charge on any atom is 0.255 e. The van der Waals surface area contributed by atoms with E-state index in [1.165, 1.54) is 25.7 Å². The summed E-state index contributed by atoms with van der Waals surface area (Å²) in [6, 6.07) is 14.2. The molecule has 0 atom stereocenters. The molecule has 2 aromatic carbocycles. The normalized spacial score (nSPS) is 10.5. The summed E-state index contributed by atoms with van der Waals surface area (Å²) >= 11 is 0. The van der Waals surface area contributed by atoms with Crippen molar-refractivity contribution in [2.45, 2.75) is 52.9 Å². The summed E-state index contributed by atoms with van der Waals surface area (Å²) in [6.45, 7) is 8.17. The molecule has 0 spiro atoms. The van der Waals surface area contributed by atoms with Gasteiger partial charge >= 0.3 is 0 Å². The van der Waals surface area contributed by atoms with Crippen molar-refractivity contribution in [3.05, 3.63) is 59.7 Å². The first kappa shape index (κ1) is 23.5. The van der Waals surface area contributed by atoms with Crippen molar-refractivity contribution in [2.75, 3.05) is 25.0 Å². The van der Waals surface area contributed by atoms with Gasteiger partial charge in [0.05, 0.1) is 6.61 Å². The summed E-state index contributed by atoms with van der Waals surface area (Å²) in [6.07, 6.45) is 6.01. The van der Waals surface area contributed by atoms with Crippen LogP contribution in [-0.4, -0.2) is 36.4 Å². The minimum absolute atomic E-state index is 0.00108. The molecule has 5 heteroatoms. The lowest BCUT2D eigenvalue weighted by atomic mass is 10.1. The maximum absolute atomic E-state index is 12.5. The molecule has 0 saturated carbocycles. The van der Waals surface area contributed by atoms with Crippen LogP contribution in [-0.2, 0) is 0 Å². The Labute approximate surface area is 180 Å². The van der Waals surface area contributed by atoms with Gasteiger partial charge in [-0.15, -0.1) is 0 Å². The van der Waals surface area contributed by atoms with E-state index in [-0.39, 0.29) is 11.8 Å². The number of hydrogen-bond acceptors (Lipinski definition) is 3. The monoisotopic (exact) mass is 410 g/mol. The molecule has 0 bridgehead atoms. The van der Waals surface area contributed by atoms with Crippen molar-refractivity contribution in [3.8, 4) is 5.75 Å². The van der Waals surface area contributed by atoms with Crippen LogP contribution in [0.15, 0.2) is 48.5 Å². The predicted octanol–water partition coefficient (Wildman–Crippen LogP) is 5.77. The zero-order valence-corrected chi connectivity index (χ0v) is 18.4. The Morgan fingerprint density at radius 2 is 1.40 bits per heavy atom. The summed E-state index contributed by atoms with van der Waals surface area (Å²) < 4.78 is 5.74. The third-order valence-electron chi connectivity index (χ3n) is 5.07. The molecule has 5 nitrogen and oxygen atoms in total. The van der Waals surface area contributed by atoms with E-state index < -0.39 is 0 Å². The van der Waals surface area contributed by atoms with Crippen LogP contribution in [0.5, 0.6) is 5.75 Å². The van der Waals surface area contributed by atoms with Crippen LogP contribution in [0.1, 0.15) is 73.6 Å². The molecule has 0 saturated heterocycles. The molecule has 0 aliphatic rings. The fourth-order valence-electron chi connectivity index (χ4n) is 3.19. The molecule has 0 aliphatic carbocycles. The summed E-state index contributed by atoms with van der Waals surface area (Å²) in [5.74, 6) is 0.587. The number of amides is 2. The third kappa shape index (κ3) is 7.21. The van der Waals surface area contributed by atoms with E-state index in [4.69, 9.17) is 4.74 Å². The summed E-state index contributed by atoms with van der Waals surface area (Å²) in [7, 11) is 0. The first-order chi connectivity index (χ1) is 14.6. The number of nitrogens with zero attached hydrogens (tertiary/aromatic N) is 1. The Morgan fingerprint density at radius 1 is 0.800 bits per heavy atom. The summed E-state index contributed by atoms with van der Waals surface area (Å²) in [5, 5.41) is 2.87. The van der Waals surface area contributed by atoms with Crippen LogP contribution in [0.3, 0.4) is 0 Å². The van der Waals surface area contributed by atoms with Gasteiger partial charge in [0.2, 0.25) is 0 Å². The van der Waals surface area contributed by atoms with Gasteiger partial charge in [-0.05, 0) is 68.8 Å². The second-order valence-corrected chi connectivity index (χ2v) is 7.30. The van der Waals surface area contributed by atoms with Crippen LogP contribution >= 0.6 is 0 Å². The van der Waals surface area contributed by atoms with Gasteiger partial charge in [0.15, 0.2) is 0 Å². The number of carbonyl (C=O) groups is 2. The Hall–Kier alpha value is -2.82. The molecule has 2 aromatic rings. The predicted molar refractivity (Wildman–Crippen MR) is 122 cm³/mol. The molecule has 0 radical (unpaired) electrons. The van der Waals surface area contributed by atoms with Gasteiger partial charge in [-0.2, -0.15) is 0 Å². The smallest absolute Gasteiger partial charge is 0.255 e. The average molecular weight is 411 g/mol. The van der Waals surface area contributed by atoms with Crippen molar-refractivity contribution in [1.29, 1.82) is 0 Å². The van der Waals surface area contributed by atoms with Gasteiger partial charge in [0.25, 0.3) is 11.8 Å². The Balaban J connectivity index is 1.85. The number of carbonyl (C=O) groups excluding carboxylic acids is 2. The van der Waals surface area contributed by atoms with Crippen molar-refractivity contribution in [2.24, 2.45) is 0 Å². The van der Waals surface area contributed by atoms with Gasteiger partial charge in [0.1, 0.15) is 5.75 Å². The highest BCUT2D eigenvalue weighted by Gasteiger charge is 2.12. The van der Waals surface area contributed by atoms with E-state index >= 15 is 0 Å². The first-order valence-corrected chi connectivity index (χ1v) is 11.0. The topological polar surface area (TPSA) is 58.6 Å². The second kappa shape index (κ2) is 12.7. The Bertz CT molecular complexity index is 781. The van der Waals surface area contributed by atoms with Gasteiger partial charge in [-0.1, -0.05) is 32.6 Å². The average Bonchev–Trinajstić information content (AvgIpc) is 2.78. The summed E-state index contributed by atoms with van der Waals surface area (Å²) in [5.41, 5.74) is 1.84. The minimum Gasteiger partial charge on any atom is -0.494 e. The largest absolute Gasteiger partial charge is 0.494 e. The molecular weight excluding hydrogens is 376 g/mol. The highest BCUT2D eigenvalue weighted by molar-refractivity contribution is 6.04. The van der Waals surface area contributed by atoms with Crippen molar-refractivity contribution < 1.29 is 14.3 Å². The van der Waals surface area contributed by atoms with E-state index in [2.05, 4.69) is 12.2 Å². The number of rotatable bonds is 12. The van der Waals surface area contributed by atoms with Gasteiger partial charge < -0.3 is 15.0 Å². The lowest BCUT2D eigenvalue weighted by molar-refractivity contribution is 0.0773. The molecule has 0 aromatic heterocycles. The molecule has 0 fully saturated rings. The second-order valence-electron chi connectivity index (χ2n) is 7.30. The fourth-order valence-corrected chi connectivity index (χ4v) is 3.19. The SMILES string of the molecule is CCCCCCCOc1ccc(C(=O)Nc2ccc(C(=O)N(CC)CC)cc2)cc1. The van der Waals surface area contributed by atoms with Crippen LogP contribution in [0.2, 0.25) is 0 Å². The highest BCUT2D eigenvalue weighted by atomic mass is 16.5. The third-order valence-corrected chi connectivity index (χ3v) is 5.07. The Kier molecular flexibility index (Phi) is 9.92. The Morgan fingerprint density at radius 3 is 2.00 bits per heavy atom. The first-order valence-electron chi connectivity index (χ1n) is 11.0. The molecule has 162 valence electrons. The number of hydrogen-bond donors (Lipinski definition) is 1. The zero-order chi connectivity index (χ0) is 21.8. The highest BCUT2D eigenvalue weighted by Crippen LogP contribution is 2.16. The van der Waals surface area contributed by atoms with E-state index in [0.29, 0.717) is 36.5 Å². The van der Waals surface area contributed by atoms with Gasteiger partial charge in [-0.3, -0.25) is 9.59 Å². The van der Waals surface area contributed by atoms with E-state index in [9.17, 15) is 9.59 Å². The standard InChI is InChI=1S/C25H34N2O3/c1-4-7-8-9-10-19-30-23-17-13-20(14-18-23)24(28)26-22-15-11-21(12-16-22)25(29)27(5-2)6-3/h11-18H,4-10,19H2,1-3H3,(H,26,28). The quantitative estimate of drug-likeness (QED) is 0.452. The lowest BCUT2D eigenvalue weighted by Gasteiger charge is -2.18. The number of benzene rings is 2. The summed E-state index contributed by atoms with van der Waals surface area (Å²) in [4.78, 5) is 26.6. The molecule has 0 unspecified atom stereocenters. The van der Waals surface area contributed by atoms with E-state index in [1.54, 1.807) is 41.3 Å². The molecule has 2 amide bonds. The van der Waals surface area contributed by atoms with Crippen LogP contribution in [0.25, 0.3) is 0 Å². The number of anilines is 1. The van der Waals surface area contributed by atoms with Crippen LogP contribution in [0.4, 0.5) is 5.69 Å². The molecular formula is C25H34N2O3. The van der Waals surface area contributed by atoms with Crippen molar-refractivity contribution in [3.63, 3.8) is 0 Å².